The van der Waals surface area contributed by atoms with E-state index in [9.17, 15) is 0 Å². The first kappa shape index (κ1) is 8.13. The monoisotopic (exact) mass is 110 g/mol. The molecule has 0 aromatic heterocycles. The molecule has 1 atom stereocenters. The van der Waals surface area contributed by atoms with E-state index < -0.39 is 0 Å². The van der Waals surface area contributed by atoms with Crippen LogP contribution in [0.5, 0.6) is 0 Å². The predicted octanol–water partition coefficient (Wildman–Crippen LogP) is 1.11. The Morgan fingerprint density at radius 3 is 2.62 bits per heavy atom. The van der Waals surface area contributed by atoms with Gasteiger partial charge in [0.05, 0.1) is 0 Å². The SMILES string of the molecule is BCCC(C)BCC. The summed E-state index contributed by atoms with van der Waals surface area (Å²) in [5.74, 6) is 0.963. The highest BCUT2D eigenvalue weighted by molar-refractivity contribution is 6.37. The minimum atomic E-state index is 0.963. The molecule has 0 bridgehead atoms. The molecule has 0 spiro atoms. The highest BCUT2D eigenvalue weighted by Crippen LogP contribution is 2.10. The van der Waals surface area contributed by atoms with Crippen LogP contribution in [0.1, 0.15) is 20.3 Å². The molecule has 0 radical (unpaired) electrons. The van der Waals surface area contributed by atoms with Gasteiger partial charge in [0.15, 0.2) is 0 Å². The van der Waals surface area contributed by atoms with Crippen molar-refractivity contribution in [3.63, 3.8) is 0 Å². The zero-order valence-corrected chi connectivity index (χ0v) is 6.41. The molecule has 0 saturated carbocycles. The first-order chi connectivity index (χ1) is 3.81. The van der Waals surface area contributed by atoms with Gasteiger partial charge in [-0.05, 0) is 0 Å². The van der Waals surface area contributed by atoms with Crippen LogP contribution >= 0.6 is 0 Å². The smallest absolute Gasteiger partial charge is 0.0815 e. The van der Waals surface area contributed by atoms with Gasteiger partial charge in [-0.2, -0.15) is 0 Å². The lowest BCUT2D eigenvalue weighted by atomic mass is 9.61. The second kappa shape index (κ2) is 5.27. The van der Waals surface area contributed by atoms with E-state index >= 15 is 0 Å². The van der Waals surface area contributed by atoms with Crippen molar-refractivity contribution in [1.29, 1.82) is 0 Å². The number of rotatable bonds is 4. The van der Waals surface area contributed by atoms with Crippen molar-refractivity contribution in [2.75, 3.05) is 0 Å². The highest BCUT2D eigenvalue weighted by Gasteiger charge is 1.98. The summed E-state index contributed by atoms with van der Waals surface area (Å²) in [5, 5.41) is 0. The Balaban J connectivity index is 2.92. The van der Waals surface area contributed by atoms with Crippen LogP contribution in [0.2, 0.25) is 18.5 Å². The number of hydrogen-bond acceptors (Lipinski definition) is 0. The first-order valence-corrected chi connectivity index (χ1v) is 3.81. The fraction of sp³-hybridized carbons (Fsp3) is 1.00. The molecule has 0 amide bonds. The molecule has 46 valence electrons. The molecule has 0 aromatic rings. The zero-order valence-electron chi connectivity index (χ0n) is 6.41. The van der Waals surface area contributed by atoms with Crippen molar-refractivity contribution in [2.45, 2.75) is 38.7 Å². The van der Waals surface area contributed by atoms with E-state index in [1.807, 2.05) is 0 Å². The van der Waals surface area contributed by atoms with Crippen LogP contribution in [-0.4, -0.2) is 15.1 Å². The van der Waals surface area contributed by atoms with E-state index in [0.717, 1.165) is 5.82 Å². The molecule has 0 aromatic carbocycles. The standard InChI is InChI=1S/C6H16B2/c1-3-8-6(2)4-5-7/h6,8H,3-5,7H2,1-2H3. The van der Waals surface area contributed by atoms with Gasteiger partial charge in [0.25, 0.3) is 0 Å². The summed E-state index contributed by atoms with van der Waals surface area (Å²) in [7, 11) is 3.67. The molecular weight excluding hydrogens is 93.7 g/mol. The largest absolute Gasteiger partial charge is 0.123 e. The summed E-state index contributed by atoms with van der Waals surface area (Å²) < 4.78 is 0. The first-order valence-electron chi connectivity index (χ1n) is 3.81. The van der Waals surface area contributed by atoms with Crippen LogP contribution in [0, 0.1) is 0 Å². The van der Waals surface area contributed by atoms with Gasteiger partial charge in [-0.25, -0.2) is 0 Å². The molecule has 8 heavy (non-hydrogen) atoms. The van der Waals surface area contributed by atoms with Crippen molar-refractivity contribution >= 4 is 15.1 Å². The summed E-state index contributed by atoms with van der Waals surface area (Å²) in [6.07, 6.45) is 4.11. The molecule has 0 saturated heterocycles. The van der Waals surface area contributed by atoms with E-state index in [1.165, 1.54) is 26.3 Å². The predicted molar refractivity (Wildman–Crippen MR) is 45.0 cm³/mol. The van der Waals surface area contributed by atoms with E-state index in [1.54, 1.807) is 0 Å². The average molecular weight is 110 g/mol. The van der Waals surface area contributed by atoms with Gasteiger partial charge in [-0.15, -0.1) is 0 Å². The Morgan fingerprint density at radius 1 is 1.62 bits per heavy atom. The summed E-state index contributed by atoms with van der Waals surface area (Å²) in [6, 6.07) is 0. The maximum absolute atomic E-state index is 2.34. The maximum atomic E-state index is 2.34. The van der Waals surface area contributed by atoms with Crippen molar-refractivity contribution in [3.8, 4) is 0 Å². The third-order valence-electron chi connectivity index (χ3n) is 1.56. The molecule has 0 N–H and O–H groups in total. The fourth-order valence-corrected chi connectivity index (χ4v) is 1.13. The highest BCUT2D eigenvalue weighted by atomic mass is 13.9. The molecule has 1 unspecified atom stereocenters. The van der Waals surface area contributed by atoms with Crippen LogP contribution in [0.4, 0.5) is 0 Å². The second-order valence-electron chi connectivity index (χ2n) is 2.68. The molecule has 0 rings (SSSR count). The minimum Gasteiger partial charge on any atom is -0.0815 e. The van der Waals surface area contributed by atoms with Crippen molar-refractivity contribution in [1.82, 2.24) is 0 Å². The molecule has 0 aliphatic rings. The third-order valence-corrected chi connectivity index (χ3v) is 1.56. The summed E-state index contributed by atoms with van der Waals surface area (Å²) in [4.78, 5) is 0. The van der Waals surface area contributed by atoms with Crippen molar-refractivity contribution in [3.05, 3.63) is 0 Å². The molecule has 0 aliphatic heterocycles. The fourth-order valence-electron chi connectivity index (χ4n) is 1.13. The number of hydrogen-bond donors (Lipinski definition) is 0. The molecular formula is C6H16B2. The van der Waals surface area contributed by atoms with Gasteiger partial charge in [0.2, 0.25) is 0 Å². The topological polar surface area (TPSA) is 0 Å². The normalized spacial score (nSPS) is 13.2. The van der Waals surface area contributed by atoms with Crippen LogP contribution in [0.25, 0.3) is 0 Å². The van der Waals surface area contributed by atoms with Gasteiger partial charge in [-0.1, -0.05) is 38.7 Å². The molecule has 0 fully saturated rings. The summed E-state index contributed by atoms with van der Waals surface area (Å²) in [5.41, 5.74) is 0. The minimum absolute atomic E-state index is 0.963. The lowest BCUT2D eigenvalue weighted by Gasteiger charge is -2.03. The Bertz CT molecular complexity index is 39.8. The van der Waals surface area contributed by atoms with Crippen LogP contribution in [-0.2, 0) is 0 Å². The Morgan fingerprint density at radius 2 is 2.25 bits per heavy atom. The Labute approximate surface area is 54.7 Å². The van der Waals surface area contributed by atoms with Crippen LogP contribution < -0.4 is 0 Å². The second-order valence-corrected chi connectivity index (χ2v) is 2.68. The van der Waals surface area contributed by atoms with Gasteiger partial charge < -0.3 is 0 Å². The summed E-state index contributed by atoms with van der Waals surface area (Å²) in [6.45, 7) is 4.60. The van der Waals surface area contributed by atoms with Gasteiger partial charge in [0.1, 0.15) is 15.1 Å². The third kappa shape index (κ3) is 4.29. The van der Waals surface area contributed by atoms with Gasteiger partial charge in [-0.3, -0.25) is 0 Å². The van der Waals surface area contributed by atoms with E-state index in [2.05, 4.69) is 21.7 Å². The van der Waals surface area contributed by atoms with E-state index in [0.29, 0.717) is 0 Å². The van der Waals surface area contributed by atoms with Gasteiger partial charge >= 0.3 is 0 Å². The maximum Gasteiger partial charge on any atom is 0.123 e. The van der Waals surface area contributed by atoms with Crippen LogP contribution in [0.3, 0.4) is 0 Å². The lowest BCUT2D eigenvalue weighted by Crippen LogP contribution is -1.96. The Hall–Kier alpha value is 0.130. The molecule has 0 heterocycles. The van der Waals surface area contributed by atoms with Gasteiger partial charge in [0, 0.05) is 0 Å². The van der Waals surface area contributed by atoms with E-state index in [4.69, 9.17) is 0 Å². The molecule has 2 heteroatoms. The van der Waals surface area contributed by atoms with Crippen molar-refractivity contribution < 1.29 is 0 Å². The van der Waals surface area contributed by atoms with E-state index in [-0.39, 0.29) is 0 Å². The average Bonchev–Trinajstić information content (AvgIpc) is 1.68. The van der Waals surface area contributed by atoms with Crippen molar-refractivity contribution in [2.24, 2.45) is 0 Å². The quantitative estimate of drug-likeness (QED) is 0.475. The lowest BCUT2D eigenvalue weighted by molar-refractivity contribution is 0.863. The van der Waals surface area contributed by atoms with Crippen LogP contribution in [0.15, 0.2) is 0 Å². The molecule has 0 aliphatic carbocycles. The summed E-state index contributed by atoms with van der Waals surface area (Å²) >= 11 is 0. The molecule has 0 nitrogen and oxygen atoms in total. The zero-order chi connectivity index (χ0) is 6.41. The Kier molecular flexibility index (Phi) is 5.36.